The first-order chi connectivity index (χ1) is 5.92. The molecule has 0 aromatic heterocycles. The zero-order valence-electron chi connectivity index (χ0n) is 8.29. The maximum atomic E-state index is 10.1. The lowest BCUT2D eigenvalue weighted by atomic mass is 10.3. The molecule has 0 aromatic rings. The van der Waals surface area contributed by atoms with Crippen LogP contribution in [0.25, 0.3) is 0 Å². The van der Waals surface area contributed by atoms with Crippen molar-refractivity contribution in [2.24, 2.45) is 0 Å². The summed E-state index contributed by atoms with van der Waals surface area (Å²) in [5.74, 6) is 0.142. The first-order valence-corrected chi connectivity index (χ1v) is 6.47. The van der Waals surface area contributed by atoms with Crippen molar-refractivity contribution in [3.8, 4) is 0 Å². The van der Waals surface area contributed by atoms with Crippen molar-refractivity contribution in [1.29, 1.82) is 0 Å². The SMILES string of the molecule is CC(C)(C)SSCCNCC(=O)O. The minimum absolute atomic E-state index is 0.0563. The summed E-state index contributed by atoms with van der Waals surface area (Å²) in [4.78, 5) is 10.1. The Kier molecular flexibility index (Phi) is 6.63. The van der Waals surface area contributed by atoms with Crippen LogP contribution in [0, 0.1) is 0 Å². The molecule has 0 saturated heterocycles. The summed E-state index contributed by atoms with van der Waals surface area (Å²) in [5, 5.41) is 11.2. The van der Waals surface area contributed by atoms with Gasteiger partial charge in [0.2, 0.25) is 0 Å². The molecule has 0 aliphatic rings. The maximum Gasteiger partial charge on any atom is 0.317 e. The van der Waals surface area contributed by atoms with E-state index in [0.717, 1.165) is 12.3 Å². The van der Waals surface area contributed by atoms with Gasteiger partial charge in [0.1, 0.15) is 0 Å². The highest BCUT2D eigenvalue weighted by Crippen LogP contribution is 2.34. The number of nitrogens with one attached hydrogen (secondary N) is 1. The van der Waals surface area contributed by atoms with Crippen LogP contribution in [0.3, 0.4) is 0 Å². The van der Waals surface area contributed by atoms with Gasteiger partial charge in [-0.25, -0.2) is 0 Å². The van der Waals surface area contributed by atoms with Crippen LogP contribution in [-0.2, 0) is 4.79 Å². The first-order valence-electron chi connectivity index (χ1n) is 4.15. The number of rotatable bonds is 6. The molecule has 0 fully saturated rings. The van der Waals surface area contributed by atoms with E-state index in [4.69, 9.17) is 5.11 Å². The Morgan fingerprint density at radius 1 is 1.46 bits per heavy atom. The van der Waals surface area contributed by atoms with Crippen molar-refractivity contribution < 1.29 is 9.90 Å². The number of aliphatic carboxylic acids is 1. The molecule has 0 aliphatic heterocycles. The van der Waals surface area contributed by atoms with Gasteiger partial charge in [0, 0.05) is 17.0 Å². The van der Waals surface area contributed by atoms with Crippen LogP contribution in [0.4, 0.5) is 0 Å². The third-order valence-corrected chi connectivity index (χ3v) is 4.29. The fourth-order valence-electron chi connectivity index (χ4n) is 0.528. The van der Waals surface area contributed by atoms with E-state index in [-0.39, 0.29) is 11.3 Å². The van der Waals surface area contributed by atoms with Crippen LogP contribution >= 0.6 is 21.6 Å². The lowest BCUT2D eigenvalue weighted by molar-refractivity contribution is -0.135. The highest BCUT2D eigenvalue weighted by Gasteiger charge is 2.10. The van der Waals surface area contributed by atoms with Gasteiger partial charge in [-0.05, 0) is 0 Å². The molecule has 0 unspecified atom stereocenters. The van der Waals surface area contributed by atoms with Crippen LogP contribution in [0.5, 0.6) is 0 Å². The van der Waals surface area contributed by atoms with Gasteiger partial charge >= 0.3 is 5.97 Å². The third-order valence-electron chi connectivity index (χ3n) is 0.947. The Bertz CT molecular complexity index is 157. The molecule has 78 valence electrons. The van der Waals surface area contributed by atoms with Gasteiger partial charge < -0.3 is 10.4 Å². The monoisotopic (exact) mass is 223 g/mol. The molecule has 0 aliphatic carbocycles. The van der Waals surface area contributed by atoms with E-state index < -0.39 is 5.97 Å². The third kappa shape index (κ3) is 12.1. The van der Waals surface area contributed by atoms with E-state index in [0.29, 0.717) is 0 Å². The number of hydrogen-bond acceptors (Lipinski definition) is 4. The highest BCUT2D eigenvalue weighted by molar-refractivity contribution is 8.77. The smallest absolute Gasteiger partial charge is 0.317 e. The summed E-state index contributed by atoms with van der Waals surface area (Å²) in [6.07, 6.45) is 0. The molecule has 0 saturated carbocycles. The van der Waals surface area contributed by atoms with Crippen LogP contribution in [0.1, 0.15) is 20.8 Å². The summed E-state index contributed by atoms with van der Waals surface area (Å²) in [5.41, 5.74) is 0. The molecular formula is C8H17NO2S2. The van der Waals surface area contributed by atoms with E-state index in [1.807, 2.05) is 10.8 Å². The normalized spacial score (nSPS) is 11.6. The molecule has 2 N–H and O–H groups in total. The first kappa shape index (κ1) is 13.1. The Labute approximate surface area is 87.4 Å². The van der Waals surface area contributed by atoms with E-state index in [1.54, 1.807) is 10.8 Å². The molecule has 0 radical (unpaired) electrons. The Hall–Kier alpha value is 0.130. The van der Waals surface area contributed by atoms with Crippen molar-refractivity contribution in [2.75, 3.05) is 18.8 Å². The zero-order chi connectivity index (χ0) is 10.3. The van der Waals surface area contributed by atoms with Crippen LogP contribution in [-0.4, -0.2) is 34.7 Å². The lowest BCUT2D eigenvalue weighted by Gasteiger charge is -2.15. The second-order valence-corrected chi connectivity index (χ2v) is 6.83. The van der Waals surface area contributed by atoms with E-state index in [9.17, 15) is 4.79 Å². The molecule has 3 nitrogen and oxygen atoms in total. The van der Waals surface area contributed by atoms with Crippen molar-refractivity contribution >= 4 is 27.6 Å². The van der Waals surface area contributed by atoms with Crippen molar-refractivity contribution in [3.05, 3.63) is 0 Å². The quantitative estimate of drug-likeness (QED) is 0.531. The van der Waals surface area contributed by atoms with Gasteiger partial charge in [-0.1, -0.05) is 42.4 Å². The Morgan fingerprint density at radius 3 is 2.54 bits per heavy atom. The van der Waals surface area contributed by atoms with Gasteiger partial charge in [0.05, 0.1) is 6.54 Å². The van der Waals surface area contributed by atoms with Crippen molar-refractivity contribution in [1.82, 2.24) is 5.32 Å². The molecular weight excluding hydrogens is 206 g/mol. The molecule has 5 heteroatoms. The maximum absolute atomic E-state index is 10.1. The molecule has 0 amide bonds. The molecule has 0 atom stereocenters. The number of carboxylic acid groups (broad SMARTS) is 1. The van der Waals surface area contributed by atoms with Gasteiger partial charge in [0.25, 0.3) is 0 Å². The summed E-state index contributed by atoms with van der Waals surface area (Å²) < 4.78 is 0.275. The fourth-order valence-corrected chi connectivity index (χ4v) is 2.75. The zero-order valence-corrected chi connectivity index (χ0v) is 9.93. The number of carbonyl (C=O) groups is 1. The summed E-state index contributed by atoms with van der Waals surface area (Å²) in [6, 6.07) is 0. The van der Waals surface area contributed by atoms with Crippen LogP contribution < -0.4 is 5.32 Å². The van der Waals surface area contributed by atoms with Gasteiger partial charge in [0.15, 0.2) is 0 Å². The Morgan fingerprint density at radius 2 is 2.08 bits per heavy atom. The molecule has 0 aromatic carbocycles. The summed E-state index contributed by atoms with van der Waals surface area (Å²) in [7, 11) is 3.59. The topological polar surface area (TPSA) is 49.3 Å². The second-order valence-electron chi connectivity index (χ2n) is 3.59. The average Bonchev–Trinajstić information content (AvgIpc) is 1.93. The van der Waals surface area contributed by atoms with Crippen molar-refractivity contribution in [3.63, 3.8) is 0 Å². The summed E-state index contributed by atoms with van der Waals surface area (Å²) in [6.45, 7) is 7.29. The fraction of sp³-hybridized carbons (Fsp3) is 0.875. The van der Waals surface area contributed by atoms with E-state index >= 15 is 0 Å². The van der Waals surface area contributed by atoms with E-state index in [2.05, 4.69) is 26.1 Å². The second kappa shape index (κ2) is 6.56. The van der Waals surface area contributed by atoms with Crippen molar-refractivity contribution in [2.45, 2.75) is 25.5 Å². The minimum atomic E-state index is -0.798. The predicted octanol–water partition coefficient (Wildman–Crippen LogP) is 1.84. The molecule has 0 heterocycles. The Balaban J connectivity index is 3.13. The number of hydrogen-bond donors (Lipinski definition) is 2. The van der Waals surface area contributed by atoms with Crippen LogP contribution in [0.15, 0.2) is 0 Å². The summed E-state index contributed by atoms with van der Waals surface area (Å²) >= 11 is 0. The number of carboxylic acids is 1. The average molecular weight is 223 g/mol. The largest absolute Gasteiger partial charge is 0.480 e. The lowest BCUT2D eigenvalue weighted by Crippen LogP contribution is -2.24. The van der Waals surface area contributed by atoms with Gasteiger partial charge in [-0.15, -0.1) is 0 Å². The molecule has 0 rings (SSSR count). The standard InChI is InChI=1S/C8H17NO2S2/c1-8(2,3)13-12-5-4-9-6-7(10)11/h9H,4-6H2,1-3H3,(H,10,11). The van der Waals surface area contributed by atoms with Crippen LogP contribution in [0.2, 0.25) is 0 Å². The molecule has 0 bridgehead atoms. The predicted molar refractivity (Wildman–Crippen MR) is 60.3 cm³/mol. The minimum Gasteiger partial charge on any atom is -0.480 e. The van der Waals surface area contributed by atoms with Gasteiger partial charge in [-0.2, -0.15) is 0 Å². The van der Waals surface area contributed by atoms with E-state index in [1.165, 1.54) is 0 Å². The van der Waals surface area contributed by atoms with Gasteiger partial charge in [-0.3, -0.25) is 4.79 Å². The molecule has 13 heavy (non-hydrogen) atoms. The highest BCUT2D eigenvalue weighted by atomic mass is 33.1. The molecule has 0 spiro atoms.